The summed E-state index contributed by atoms with van der Waals surface area (Å²) in [5.41, 5.74) is 22.3. The summed E-state index contributed by atoms with van der Waals surface area (Å²) < 4.78 is 0. The number of nitrogens with one attached hydrogen (secondary N) is 15. The molecule has 0 aliphatic carbocycles. The first kappa shape index (κ1) is 106. The lowest BCUT2D eigenvalue weighted by molar-refractivity contribution is -0.141. The number of hydrogen-bond donors (Lipinski definition) is 25. The van der Waals surface area contributed by atoms with Crippen LogP contribution in [-0.4, -0.2) is 271 Å². The van der Waals surface area contributed by atoms with Crippen LogP contribution in [0.1, 0.15) is 130 Å². The van der Waals surface area contributed by atoms with Crippen molar-refractivity contribution in [1.29, 1.82) is 0 Å². The van der Waals surface area contributed by atoms with Crippen molar-refractivity contribution in [2.75, 3.05) is 31.6 Å². The molecular formula is C75H111N19O28S. The van der Waals surface area contributed by atoms with Gasteiger partial charge < -0.3 is 133 Å². The van der Waals surface area contributed by atoms with E-state index in [-0.39, 0.29) is 36.5 Å². The van der Waals surface area contributed by atoms with Gasteiger partial charge in [0.15, 0.2) is 0 Å². The molecule has 2 aromatic rings. The van der Waals surface area contributed by atoms with Gasteiger partial charge in [0.25, 0.3) is 0 Å². The standard InChI is InChI=1S/C75H111N19O28S/c1-34(2)60(93-69(116)46(20-24-57(104)105)86-67(114)45(19-23-56(102)103)84-64(111)42(76)29-58(106)107)73(120)81-31-54(100)80-32-55(101)83-37(7)63(110)92-61(35(3)4)74(121)91-49(28-39-11-15-41(96)16-12-39)72(119)94-62(36(5)6)75(122)90-48(27-38-9-13-40(95)14-10-38)70(117)88-47(25-26-123-8)68(115)89-50(30-53(79)99)71(118)87-44(18-22-52(78)98)66(113)85-43(17-21-51(77)97)65(112)82-33-59(108)109/h9-16,34-37,42-50,60-62,95-96H,17-33,76H2,1-8H3,(H2,77,97)(H2,78,98)(H2,79,99)(H,80,100)(H,81,120)(H,82,112)(H,83,101)(H,84,111)(H,85,113)(H,86,114)(H,87,118)(H,88,117)(H,89,115)(H,90,122)(H,91,121)(H,92,110)(H,93,116)(H,94,119)(H,102,103)(H,104,105)(H,106,107)(H,108,109)/t37-,42-,43-,44-,45-,46-,47-,48-,49-,50-,60-,61-,62-/m0/s1. The van der Waals surface area contributed by atoms with Crippen molar-refractivity contribution in [3.63, 3.8) is 0 Å². The number of carbonyl (C=O) groups is 22. The fourth-order valence-electron chi connectivity index (χ4n) is 11.3. The lowest BCUT2D eigenvalue weighted by Gasteiger charge is -2.30. The summed E-state index contributed by atoms with van der Waals surface area (Å²) in [5, 5.41) is 92.3. The molecule has 0 spiro atoms. The van der Waals surface area contributed by atoms with Crippen molar-refractivity contribution >= 4 is 142 Å². The third-order valence-electron chi connectivity index (χ3n) is 18.0. The Kier molecular flexibility index (Phi) is 45.9. The van der Waals surface area contributed by atoms with E-state index in [1.807, 2.05) is 5.32 Å². The molecule has 680 valence electrons. The van der Waals surface area contributed by atoms with Crippen molar-refractivity contribution in [3.05, 3.63) is 59.7 Å². The van der Waals surface area contributed by atoms with Crippen LogP contribution >= 0.6 is 11.8 Å². The Bertz CT molecular complexity index is 4120. The summed E-state index contributed by atoms with van der Waals surface area (Å²) in [6.07, 6.45) is -5.94. The molecule has 0 aliphatic rings. The average Bonchev–Trinajstić information content (AvgIpc) is 0.843. The molecule has 0 saturated carbocycles. The minimum absolute atomic E-state index is 0.126. The summed E-state index contributed by atoms with van der Waals surface area (Å²) >= 11 is 1.20. The number of hydrogen-bond acceptors (Lipinski definition) is 26. The lowest BCUT2D eigenvalue weighted by Crippen LogP contribution is -2.62. The molecule has 0 aliphatic heterocycles. The van der Waals surface area contributed by atoms with E-state index in [1.165, 1.54) is 109 Å². The number of phenolic OH excluding ortho intramolecular Hbond substituents is 2. The zero-order valence-corrected chi connectivity index (χ0v) is 69.6. The zero-order chi connectivity index (χ0) is 93.2. The second kappa shape index (κ2) is 53.4. The van der Waals surface area contributed by atoms with Crippen LogP contribution in [0.15, 0.2) is 48.5 Å². The molecule has 0 heterocycles. The average molecular weight is 1760 g/mol. The molecule has 29 N–H and O–H groups in total. The Hall–Kier alpha value is -13.3. The molecule has 2 rings (SSSR count). The van der Waals surface area contributed by atoms with Crippen molar-refractivity contribution in [1.82, 2.24) is 79.8 Å². The molecule has 48 heteroatoms. The van der Waals surface area contributed by atoms with E-state index in [0.29, 0.717) is 11.1 Å². The van der Waals surface area contributed by atoms with Crippen molar-refractivity contribution in [2.45, 2.75) is 210 Å². The third kappa shape index (κ3) is 41.0. The molecule has 0 aromatic heterocycles. The van der Waals surface area contributed by atoms with Gasteiger partial charge in [-0.3, -0.25) is 105 Å². The Balaban J connectivity index is 2.41. The third-order valence-corrected chi connectivity index (χ3v) is 18.7. The number of phenols is 2. The van der Waals surface area contributed by atoms with Crippen molar-refractivity contribution in [2.24, 2.45) is 40.7 Å². The summed E-state index contributed by atoms with van der Waals surface area (Å²) in [4.78, 5) is 289. The second-order valence-corrected chi connectivity index (χ2v) is 30.3. The Morgan fingerprint density at radius 1 is 0.317 bits per heavy atom. The molecule has 0 saturated heterocycles. The predicted octanol–water partition coefficient (Wildman–Crippen LogP) is -8.19. The Morgan fingerprint density at radius 3 is 1.02 bits per heavy atom. The normalized spacial score (nSPS) is 14.1. The fraction of sp³-hybridized carbons (Fsp3) is 0.547. The minimum Gasteiger partial charge on any atom is -0.508 e. The van der Waals surface area contributed by atoms with Crippen LogP contribution in [0.4, 0.5) is 0 Å². The SMILES string of the molecule is CSCC[C@H](NC(=O)[C@H](Cc1ccc(O)cc1)NC(=O)[C@@H](NC(=O)[C@H](Cc1ccc(O)cc1)NC(=O)[C@@H](NC(=O)[C@H](C)NC(=O)CNC(=O)CNC(=O)[C@@H](NC(=O)[C@H](CCC(=O)O)NC(=O)[C@H](CCC(=O)O)NC(=O)[C@@H](N)CC(=O)O)C(C)C)C(C)C)C(C)C)C(=O)N[C@@H](CC(N)=O)C(=O)N[C@@H](CCC(N)=O)C(=O)N[C@@H](CCC(N)=O)C(=O)NCC(=O)O. The lowest BCUT2D eigenvalue weighted by atomic mass is 9.98. The minimum atomic E-state index is -1.95. The highest BCUT2D eigenvalue weighted by molar-refractivity contribution is 7.98. The van der Waals surface area contributed by atoms with Crippen LogP contribution in [0, 0.1) is 17.8 Å². The van der Waals surface area contributed by atoms with Gasteiger partial charge in [0.2, 0.25) is 106 Å². The number of aliphatic carboxylic acids is 4. The number of thioether (sulfide) groups is 1. The number of rotatable bonds is 57. The van der Waals surface area contributed by atoms with E-state index in [1.54, 1.807) is 6.26 Å². The first-order valence-corrected chi connectivity index (χ1v) is 39.9. The summed E-state index contributed by atoms with van der Waals surface area (Å²) in [6.45, 7) is 7.61. The van der Waals surface area contributed by atoms with Gasteiger partial charge in [0.1, 0.15) is 90.5 Å². The Morgan fingerprint density at radius 2 is 0.642 bits per heavy atom. The van der Waals surface area contributed by atoms with Crippen molar-refractivity contribution in [3.8, 4) is 11.5 Å². The van der Waals surface area contributed by atoms with E-state index < -0.39 is 310 Å². The number of nitrogens with two attached hydrogens (primary N) is 4. The number of primary amides is 3. The molecule has 0 radical (unpaired) electrons. The fourth-order valence-corrected chi connectivity index (χ4v) is 11.7. The number of carboxylic acids is 4. The number of benzene rings is 2. The van der Waals surface area contributed by atoms with Gasteiger partial charge in [-0.15, -0.1) is 0 Å². The largest absolute Gasteiger partial charge is 0.508 e. The van der Waals surface area contributed by atoms with Gasteiger partial charge >= 0.3 is 23.9 Å². The summed E-state index contributed by atoms with van der Waals surface area (Å²) in [7, 11) is 0. The number of carboxylic acid groups (broad SMARTS) is 4. The number of amides is 18. The zero-order valence-electron chi connectivity index (χ0n) is 68.8. The quantitative estimate of drug-likeness (QED) is 0.0292. The van der Waals surface area contributed by atoms with Gasteiger partial charge in [0.05, 0.1) is 32.0 Å². The molecule has 2 aromatic carbocycles. The van der Waals surface area contributed by atoms with Crippen LogP contribution < -0.4 is 103 Å². The van der Waals surface area contributed by atoms with Gasteiger partial charge in [-0.25, -0.2) is 0 Å². The first-order chi connectivity index (χ1) is 57.5. The highest BCUT2D eigenvalue weighted by atomic mass is 32.2. The summed E-state index contributed by atoms with van der Waals surface area (Å²) in [6, 6.07) is -10.7. The highest BCUT2D eigenvalue weighted by Crippen LogP contribution is 2.18. The van der Waals surface area contributed by atoms with Crippen molar-refractivity contribution < 1.29 is 136 Å². The monoisotopic (exact) mass is 1760 g/mol. The smallest absolute Gasteiger partial charge is 0.322 e. The topological polar surface area (TPSA) is 781 Å². The maximum absolute atomic E-state index is 14.8. The maximum atomic E-state index is 14.8. The molecule has 0 unspecified atom stereocenters. The van der Waals surface area contributed by atoms with Gasteiger partial charge in [-0.2, -0.15) is 11.8 Å². The molecule has 13 atom stereocenters. The van der Waals surface area contributed by atoms with Crippen LogP contribution in [-0.2, 0) is 118 Å². The van der Waals surface area contributed by atoms with E-state index in [9.17, 15) is 126 Å². The molecule has 0 fully saturated rings. The highest BCUT2D eigenvalue weighted by Gasteiger charge is 2.39. The second-order valence-electron chi connectivity index (χ2n) is 29.3. The van der Waals surface area contributed by atoms with Crippen LogP contribution in [0.25, 0.3) is 0 Å². The molecule has 123 heavy (non-hydrogen) atoms. The number of carbonyl (C=O) groups excluding carboxylic acids is 18. The van der Waals surface area contributed by atoms with Gasteiger partial charge in [0, 0.05) is 38.5 Å². The van der Waals surface area contributed by atoms with Gasteiger partial charge in [-0.1, -0.05) is 65.8 Å². The molecule has 47 nitrogen and oxygen atoms in total. The predicted molar refractivity (Wildman–Crippen MR) is 431 cm³/mol. The van der Waals surface area contributed by atoms with E-state index >= 15 is 0 Å². The van der Waals surface area contributed by atoms with Crippen LogP contribution in [0.3, 0.4) is 0 Å². The number of aromatic hydroxyl groups is 2. The van der Waals surface area contributed by atoms with Crippen LogP contribution in [0.2, 0.25) is 0 Å². The first-order valence-electron chi connectivity index (χ1n) is 38.5. The summed E-state index contributed by atoms with van der Waals surface area (Å²) in [5.74, 6) is -27.8. The Labute approximate surface area is 709 Å². The van der Waals surface area contributed by atoms with Crippen LogP contribution in [0.5, 0.6) is 11.5 Å². The van der Waals surface area contributed by atoms with E-state index in [2.05, 4.69) is 74.4 Å². The molecule has 0 bridgehead atoms. The molecule has 18 amide bonds. The maximum Gasteiger partial charge on any atom is 0.322 e. The van der Waals surface area contributed by atoms with E-state index in [4.69, 9.17) is 33.1 Å². The molecular weight excluding hydrogens is 1650 g/mol. The van der Waals surface area contributed by atoms with E-state index in [0.717, 1.165) is 0 Å². The van der Waals surface area contributed by atoms with Gasteiger partial charge in [-0.05, 0) is 104 Å².